The third-order valence-electron chi connectivity index (χ3n) is 6.94. The van der Waals surface area contributed by atoms with Crippen LogP contribution in [0.25, 0.3) is 22.3 Å². The van der Waals surface area contributed by atoms with Gasteiger partial charge in [0.1, 0.15) is 5.82 Å². The molecular weight excluding hydrogens is 453 g/mol. The molecule has 3 aromatic rings. The van der Waals surface area contributed by atoms with E-state index >= 15 is 0 Å². The fourth-order valence-corrected chi connectivity index (χ4v) is 5.18. The fourth-order valence-electron chi connectivity index (χ4n) is 5.18. The summed E-state index contributed by atoms with van der Waals surface area (Å²) in [6.45, 7) is 0.980. The molecule has 2 aromatic carbocycles. The number of nitrogens with zero attached hydrogens (tertiary/aromatic N) is 2. The molecule has 0 saturated carbocycles. The lowest BCUT2D eigenvalue weighted by atomic mass is 9.92. The Hall–Kier alpha value is -3.39. The van der Waals surface area contributed by atoms with Crippen LogP contribution >= 0.6 is 0 Å². The van der Waals surface area contributed by atoms with E-state index in [0.717, 1.165) is 36.0 Å². The maximum Gasteiger partial charge on any atom is 0.251 e. The van der Waals surface area contributed by atoms with Crippen LogP contribution in [-0.2, 0) is 6.42 Å². The van der Waals surface area contributed by atoms with E-state index < -0.39 is 12.4 Å². The Kier molecular flexibility index (Phi) is 6.47. The molecule has 1 unspecified atom stereocenters. The Morgan fingerprint density at radius 3 is 2.57 bits per heavy atom. The molecule has 182 valence electrons. The average molecular weight is 481 g/mol. The van der Waals surface area contributed by atoms with Gasteiger partial charge in [-0.1, -0.05) is 42.8 Å². The van der Waals surface area contributed by atoms with Gasteiger partial charge in [-0.15, -0.1) is 0 Å². The molecule has 1 aromatic heterocycles. The van der Waals surface area contributed by atoms with Crippen molar-refractivity contribution >= 4 is 11.7 Å². The molecule has 2 aliphatic heterocycles. The second kappa shape index (κ2) is 9.70. The lowest BCUT2D eigenvalue weighted by Crippen LogP contribution is -2.36. The van der Waals surface area contributed by atoms with E-state index in [0.29, 0.717) is 41.8 Å². The van der Waals surface area contributed by atoms with Gasteiger partial charge < -0.3 is 11.1 Å². The molecule has 0 bridgehead atoms. The number of fused-ring (bicyclic) bond motifs is 1. The van der Waals surface area contributed by atoms with Crippen LogP contribution in [0.15, 0.2) is 48.5 Å². The van der Waals surface area contributed by atoms with E-state index in [1.807, 2.05) is 35.2 Å². The number of pyridine rings is 1. The molecule has 0 spiro atoms. The molecule has 35 heavy (non-hydrogen) atoms. The lowest BCUT2D eigenvalue weighted by Gasteiger charge is -2.35. The first-order valence-electron chi connectivity index (χ1n) is 11.9. The number of hydrogen-bond acceptors (Lipinski definition) is 4. The molecule has 1 atom stereocenters. The number of nitrogens with two attached hydrogens (primary N) is 1. The number of piperidine rings is 1. The van der Waals surface area contributed by atoms with Crippen LogP contribution in [-0.4, -0.2) is 41.9 Å². The summed E-state index contributed by atoms with van der Waals surface area (Å²) < 4.78 is 41.0. The SMILES string of the molecule is Nc1nc(F)c(-c2ccc(C3CCCCN3CC(F)F)cc2)cc1-c1ccc2c(c1)CCNC2=O. The minimum Gasteiger partial charge on any atom is -0.383 e. The standard InChI is InChI=1S/C27H27F3N4O/c28-24(29)15-34-12-2-1-3-23(34)17-6-4-16(5-7-17)21-14-22(26(31)33-25(21)30)18-8-9-20-19(13-18)10-11-32-27(20)35/h4-9,13-14,23-24H,1-3,10-12,15H2,(H2,31,33)(H,32,35). The molecule has 2 aliphatic rings. The zero-order chi connectivity index (χ0) is 24.5. The maximum atomic E-state index is 14.9. The van der Waals surface area contributed by atoms with Gasteiger partial charge in [0.05, 0.1) is 6.54 Å². The van der Waals surface area contributed by atoms with Gasteiger partial charge in [0.2, 0.25) is 5.95 Å². The Labute approximate surface area is 202 Å². The largest absolute Gasteiger partial charge is 0.383 e. The number of aromatic nitrogens is 1. The molecule has 8 heteroatoms. The number of rotatable bonds is 5. The summed E-state index contributed by atoms with van der Waals surface area (Å²) in [5.41, 5.74) is 10.9. The molecule has 1 amide bonds. The Morgan fingerprint density at radius 2 is 1.80 bits per heavy atom. The minimum absolute atomic E-state index is 0.0653. The van der Waals surface area contributed by atoms with E-state index in [1.54, 1.807) is 18.2 Å². The molecule has 5 nitrogen and oxygen atoms in total. The van der Waals surface area contributed by atoms with Crippen molar-refractivity contribution in [1.29, 1.82) is 0 Å². The normalized spacial score (nSPS) is 18.4. The fraction of sp³-hybridized carbons (Fsp3) is 0.333. The van der Waals surface area contributed by atoms with Crippen molar-refractivity contribution in [3.8, 4) is 22.3 Å². The lowest BCUT2D eigenvalue weighted by molar-refractivity contribution is 0.0489. The molecule has 3 heterocycles. The second-order valence-electron chi connectivity index (χ2n) is 9.16. The number of nitrogen functional groups attached to an aromatic ring is 1. The maximum absolute atomic E-state index is 14.9. The highest BCUT2D eigenvalue weighted by molar-refractivity contribution is 5.97. The van der Waals surface area contributed by atoms with Crippen molar-refractivity contribution in [3.05, 3.63) is 71.2 Å². The third kappa shape index (κ3) is 4.75. The predicted molar refractivity (Wildman–Crippen MR) is 130 cm³/mol. The van der Waals surface area contributed by atoms with Crippen LogP contribution in [0.3, 0.4) is 0 Å². The van der Waals surface area contributed by atoms with Crippen molar-refractivity contribution in [2.75, 3.05) is 25.4 Å². The summed E-state index contributed by atoms with van der Waals surface area (Å²) in [6, 6.07) is 14.5. The van der Waals surface area contributed by atoms with Crippen LogP contribution in [0.4, 0.5) is 19.0 Å². The summed E-state index contributed by atoms with van der Waals surface area (Å²) in [4.78, 5) is 17.8. The zero-order valence-electron chi connectivity index (χ0n) is 19.2. The summed E-state index contributed by atoms with van der Waals surface area (Å²) >= 11 is 0. The molecule has 1 fully saturated rings. The second-order valence-corrected chi connectivity index (χ2v) is 9.16. The van der Waals surface area contributed by atoms with Gasteiger partial charge in [0, 0.05) is 29.3 Å². The first-order valence-corrected chi connectivity index (χ1v) is 11.9. The van der Waals surface area contributed by atoms with Crippen LogP contribution in [0.5, 0.6) is 0 Å². The van der Waals surface area contributed by atoms with Crippen molar-refractivity contribution in [3.63, 3.8) is 0 Å². The number of amides is 1. The summed E-state index contributed by atoms with van der Waals surface area (Å²) in [7, 11) is 0. The van der Waals surface area contributed by atoms with E-state index in [2.05, 4.69) is 10.3 Å². The number of halogens is 3. The molecular formula is C27H27F3N4O. The zero-order valence-corrected chi connectivity index (χ0v) is 19.2. The van der Waals surface area contributed by atoms with Gasteiger partial charge in [-0.3, -0.25) is 9.69 Å². The number of hydrogen-bond donors (Lipinski definition) is 2. The predicted octanol–water partition coefficient (Wildman–Crippen LogP) is 5.21. The number of carbonyl (C=O) groups is 1. The van der Waals surface area contributed by atoms with Gasteiger partial charge in [0.15, 0.2) is 0 Å². The molecule has 0 aliphatic carbocycles. The van der Waals surface area contributed by atoms with E-state index in [9.17, 15) is 18.0 Å². The highest BCUT2D eigenvalue weighted by Gasteiger charge is 2.26. The van der Waals surface area contributed by atoms with Crippen LogP contribution in [0.2, 0.25) is 0 Å². The quantitative estimate of drug-likeness (QED) is 0.492. The molecule has 5 rings (SSSR count). The van der Waals surface area contributed by atoms with E-state index in [-0.39, 0.29) is 24.3 Å². The Balaban J connectivity index is 1.46. The number of nitrogens with one attached hydrogen (secondary N) is 1. The van der Waals surface area contributed by atoms with Crippen LogP contribution in [0.1, 0.15) is 46.8 Å². The molecule has 3 N–H and O–H groups in total. The van der Waals surface area contributed by atoms with Crippen LogP contribution in [0, 0.1) is 5.95 Å². The molecule has 0 radical (unpaired) electrons. The van der Waals surface area contributed by atoms with Crippen molar-refractivity contribution in [2.45, 2.75) is 38.2 Å². The van der Waals surface area contributed by atoms with Gasteiger partial charge in [-0.2, -0.15) is 4.39 Å². The highest BCUT2D eigenvalue weighted by Crippen LogP contribution is 2.35. The van der Waals surface area contributed by atoms with Gasteiger partial charge in [-0.05, 0) is 60.2 Å². The smallest absolute Gasteiger partial charge is 0.251 e. The van der Waals surface area contributed by atoms with Crippen molar-refractivity contribution in [2.24, 2.45) is 0 Å². The minimum atomic E-state index is -2.37. The number of carbonyl (C=O) groups excluding carboxylic acids is 1. The van der Waals surface area contributed by atoms with Gasteiger partial charge in [-0.25, -0.2) is 13.8 Å². The first kappa shape index (κ1) is 23.4. The first-order chi connectivity index (χ1) is 16.9. The van der Waals surface area contributed by atoms with E-state index in [4.69, 9.17) is 5.73 Å². The van der Waals surface area contributed by atoms with Crippen LogP contribution < -0.4 is 11.1 Å². The topological polar surface area (TPSA) is 71.2 Å². The number of anilines is 1. The third-order valence-corrected chi connectivity index (χ3v) is 6.94. The number of benzene rings is 2. The van der Waals surface area contributed by atoms with Gasteiger partial charge in [0.25, 0.3) is 12.3 Å². The van der Waals surface area contributed by atoms with Crippen molar-refractivity contribution in [1.82, 2.24) is 15.2 Å². The van der Waals surface area contributed by atoms with Crippen molar-refractivity contribution < 1.29 is 18.0 Å². The molecule has 1 saturated heterocycles. The highest BCUT2D eigenvalue weighted by atomic mass is 19.3. The monoisotopic (exact) mass is 480 g/mol. The average Bonchev–Trinajstić information content (AvgIpc) is 2.84. The number of alkyl halides is 2. The number of likely N-dealkylation sites (tertiary alicyclic amines) is 1. The summed E-state index contributed by atoms with van der Waals surface area (Å²) in [6.07, 6.45) is 1.07. The Bertz CT molecular complexity index is 1250. The summed E-state index contributed by atoms with van der Waals surface area (Å²) in [5.74, 6) is -0.699. The van der Waals surface area contributed by atoms with Gasteiger partial charge >= 0.3 is 0 Å². The summed E-state index contributed by atoms with van der Waals surface area (Å²) in [5, 5.41) is 2.82. The van der Waals surface area contributed by atoms with E-state index in [1.165, 1.54) is 0 Å². The Morgan fingerprint density at radius 1 is 1.03 bits per heavy atom.